The van der Waals surface area contributed by atoms with Crippen molar-refractivity contribution in [3.05, 3.63) is 216 Å². The van der Waals surface area contributed by atoms with E-state index in [4.69, 9.17) is 15.0 Å². The minimum atomic E-state index is -0.588. The molecule has 0 radical (unpaired) electrons. The van der Waals surface area contributed by atoms with Gasteiger partial charge in [0.2, 0.25) is 0 Å². The topological polar surface area (TPSA) is 75.3 Å². The maximum atomic E-state index is 10.1. The average Bonchev–Trinajstić information content (AvgIpc) is 3.76. The molecule has 0 saturated heterocycles. The van der Waals surface area contributed by atoms with E-state index in [0.717, 1.165) is 50.1 Å². The Kier molecular flexibility index (Phi) is 7.38. The summed E-state index contributed by atoms with van der Waals surface area (Å²) in [6.07, 6.45) is 3.65. The number of nitrogens with zero attached hydrogens (tertiary/aromatic N) is 5. The second-order valence-corrected chi connectivity index (χ2v) is 14.5. The lowest BCUT2D eigenvalue weighted by Crippen LogP contribution is -2.26. The van der Waals surface area contributed by atoms with E-state index in [1.165, 1.54) is 33.4 Å². The number of aromatic nitrogens is 4. The molecule has 264 valence electrons. The predicted molar refractivity (Wildman–Crippen MR) is 226 cm³/mol. The Balaban J connectivity index is 1.16. The molecule has 0 fully saturated rings. The normalized spacial score (nSPS) is 12.7. The summed E-state index contributed by atoms with van der Waals surface area (Å²) in [6, 6.07) is 63.8. The smallest absolute Gasteiger partial charge is 0.164 e. The van der Waals surface area contributed by atoms with Crippen molar-refractivity contribution in [3.8, 4) is 84.7 Å². The molecule has 2 aliphatic rings. The van der Waals surface area contributed by atoms with Crippen LogP contribution in [-0.4, -0.2) is 19.9 Å². The van der Waals surface area contributed by atoms with Gasteiger partial charge in [0, 0.05) is 29.1 Å². The molecule has 0 N–H and O–H groups in total. The Morgan fingerprint density at radius 2 is 0.825 bits per heavy atom. The number of hydrogen-bond donors (Lipinski definition) is 0. The summed E-state index contributed by atoms with van der Waals surface area (Å²) in [4.78, 5) is 19.5. The third-order valence-corrected chi connectivity index (χ3v) is 11.5. The van der Waals surface area contributed by atoms with E-state index >= 15 is 0 Å². The average molecular weight is 726 g/mol. The molecular formula is C52H31N5. The minimum absolute atomic E-state index is 0.588. The van der Waals surface area contributed by atoms with Gasteiger partial charge in [-0.3, -0.25) is 4.98 Å². The Morgan fingerprint density at radius 1 is 0.351 bits per heavy atom. The summed E-state index contributed by atoms with van der Waals surface area (Å²) >= 11 is 0. The van der Waals surface area contributed by atoms with E-state index in [-0.39, 0.29) is 0 Å². The SMILES string of the molecule is N#Cc1ccc2c(c1)C1(c3ccccc3-c3ccccc31)c1cc(-c3cc(-c4ccncc4)cc(-c4nc(-c5ccccc5)nc(-c5ccccc5)n4)c3)ccc1-2. The highest BCUT2D eigenvalue weighted by molar-refractivity contribution is 5.96. The number of benzene rings is 7. The van der Waals surface area contributed by atoms with Crippen molar-refractivity contribution < 1.29 is 0 Å². The summed E-state index contributed by atoms with van der Waals surface area (Å²) in [6.45, 7) is 0. The fourth-order valence-electron chi connectivity index (χ4n) is 8.96. The van der Waals surface area contributed by atoms with Crippen molar-refractivity contribution in [2.45, 2.75) is 5.41 Å². The number of fused-ring (bicyclic) bond motifs is 10. The van der Waals surface area contributed by atoms with Gasteiger partial charge in [0.05, 0.1) is 17.0 Å². The van der Waals surface area contributed by atoms with Crippen molar-refractivity contribution in [1.82, 2.24) is 19.9 Å². The van der Waals surface area contributed by atoms with Crippen LogP contribution in [0, 0.1) is 11.3 Å². The van der Waals surface area contributed by atoms with Gasteiger partial charge < -0.3 is 0 Å². The van der Waals surface area contributed by atoms with Crippen LogP contribution in [0.3, 0.4) is 0 Å². The van der Waals surface area contributed by atoms with Crippen LogP contribution in [0.4, 0.5) is 0 Å². The molecular weight excluding hydrogens is 695 g/mol. The molecule has 0 amide bonds. The van der Waals surface area contributed by atoms with E-state index in [0.29, 0.717) is 23.0 Å². The van der Waals surface area contributed by atoms with Gasteiger partial charge in [-0.05, 0) is 115 Å². The van der Waals surface area contributed by atoms with E-state index < -0.39 is 5.41 Å². The number of rotatable bonds is 5. The zero-order chi connectivity index (χ0) is 37.9. The van der Waals surface area contributed by atoms with Crippen molar-refractivity contribution in [2.75, 3.05) is 0 Å². The van der Waals surface area contributed by atoms with Crippen LogP contribution in [0.25, 0.3) is 78.7 Å². The summed E-state index contributed by atoms with van der Waals surface area (Å²) in [7, 11) is 0. The molecule has 11 rings (SSSR count). The predicted octanol–water partition coefficient (Wildman–Crippen LogP) is 11.8. The standard InChI is InChI=1S/C52H31N5/c53-32-33-19-21-43-44-22-20-37(31-48(44)52(47(43)27-33)45-17-9-7-15-41(45)42-16-8-10-18-46(42)52)39-28-38(34-23-25-54-26-24-34)29-40(30-39)51-56-49(35-11-3-1-4-12-35)55-50(57-51)36-13-5-2-6-14-36/h1-31H. The third-order valence-electron chi connectivity index (χ3n) is 11.5. The molecule has 5 heteroatoms. The van der Waals surface area contributed by atoms with Crippen LogP contribution in [0.15, 0.2) is 188 Å². The highest BCUT2D eigenvalue weighted by atomic mass is 15.0. The molecule has 1 spiro atoms. The van der Waals surface area contributed by atoms with Gasteiger partial charge in [0.15, 0.2) is 17.5 Å². The second-order valence-electron chi connectivity index (χ2n) is 14.5. The molecule has 5 nitrogen and oxygen atoms in total. The van der Waals surface area contributed by atoms with Crippen LogP contribution in [0.1, 0.15) is 27.8 Å². The van der Waals surface area contributed by atoms with Gasteiger partial charge in [-0.1, -0.05) is 127 Å². The minimum Gasteiger partial charge on any atom is -0.265 e. The molecule has 2 aromatic heterocycles. The first-order valence-corrected chi connectivity index (χ1v) is 19.0. The van der Waals surface area contributed by atoms with E-state index in [9.17, 15) is 5.26 Å². The van der Waals surface area contributed by atoms with E-state index in [2.05, 4.69) is 108 Å². The number of hydrogen-bond acceptors (Lipinski definition) is 5. The van der Waals surface area contributed by atoms with E-state index in [1.54, 1.807) is 0 Å². The lowest BCUT2D eigenvalue weighted by molar-refractivity contribution is 0.793. The van der Waals surface area contributed by atoms with Gasteiger partial charge >= 0.3 is 0 Å². The summed E-state index contributed by atoms with van der Waals surface area (Å²) in [5.74, 6) is 1.82. The third kappa shape index (κ3) is 5.09. The first-order valence-electron chi connectivity index (χ1n) is 19.0. The lowest BCUT2D eigenvalue weighted by atomic mass is 9.70. The molecule has 0 unspecified atom stereocenters. The Hall–Kier alpha value is -7.81. The van der Waals surface area contributed by atoms with Crippen LogP contribution in [-0.2, 0) is 5.41 Å². The van der Waals surface area contributed by atoms with Crippen LogP contribution < -0.4 is 0 Å². The Labute approximate surface area is 330 Å². The first-order chi connectivity index (χ1) is 28.2. The summed E-state index contributed by atoms with van der Waals surface area (Å²) in [5.41, 5.74) is 16.5. The van der Waals surface area contributed by atoms with Gasteiger partial charge in [-0.25, -0.2) is 15.0 Å². The highest BCUT2D eigenvalue weighted by Crippen LogP contribution is 2.63. The zero-order valence-corrected chi connectivity index (χ0v) is 30.6. The molecule has 2 heterocycles. The highest BCUT2D eigenvalue weighted by Gasteiger charge is 2.51. The summed E-state index contributed by atoms with van der Waals surface area (Å²) < 4.78 is 0. The van der Waals surface area contributed by atoms with Crippen molar-refractivity contribution in [3.63, 3.8) is 0 Å². The molecule has 9 aromatic rings. The Bertz CT molecular complexity index is 2970. The maximum Gasteiger partial charge on any atom is 0.164 e. The van der Waals surface area contributed by atoms with Gasteiger partial charge in [0.25, 0.3) is 0 Å². The maximum absolute atomic E-state index is 10.1. The van der Waals surface area contributed by atoms with Crippen molar-refractivity contribution >= 4 is 0 Å². The molecule has 57 heavy (non-hydrogen) atoms. The van der Waals surface area contributed by atoms with Crippen LogP contribution in [0.2, 0.25) is 0 Å². The first kappa shape index (κ1) is 32.6. The van der Waals surface area contributed by atoms with Gasteiger partial charge in [-0.15, -0.1) is 0 Å². The molecule has 2 aliphatic carbocycles. The fourth-order valence-corrected chi connectivity index (χ4v) is 8.96. The Morgan fingerprint density at radius 3 is 1.42 bits per heavy atom. The monoisotopic (exact) mass is 725 g/mol. The second kappa shape index (κ2) is 12.9. The molecule has 7 aromatic carbocycles. The quantitative estimate of drug-likeness (QED) is 0.177. The lowest BCUT2D eigenvalue weighted by Gasteiger charge is -2.30. The fraction of sp³-hybridized carbons (Fsp3) is 0.0192. The summed E-state index contributed by atoms with van der Waals surface area (Å²) in [5, 5.41) is 10.1. The number of nitriles is 1. The number of pyridine rings is 1. The van der Waals surface area contributed by atoms with Crippen molar-refractivity contribution in [1.29, 1.82) is 5.26 Å². The van der Waals surface area contributed by atoms with Crippen LogP contribution >= 0.6 is 0 Å². The molecule has 0 aliphatic heterocycles. The molecule has 0 saturated carbocycles. The van der Waals surface area contributed by atoms with Gasteiger partial charge in [-0.2, -0.15) is 5.26 Å². The molecule has 0 atom stereocenters. The van der Waals surface area contributed by atoms with Crippen LogP contribution in [0.5, 0.6) is 0 Å². The van der Waals surface area contributed by atoms with Gasteiger partial charge in [0.1, 0.15) is 0 Å². The largest absolute Gasteiger partial charge is 0.265 e. The van der Waals surface area contributed by atoms with Crippen molar-refractivity contribution in [2.24, 2.45) is 0 Å². The zero-order valence-electron chi connectivity index (χ0n) is 30.6. The molecule has 0 bridgehead atoms. The van der Waals surface area contributed by atoms with E-state index in [1.807, 2.05) is 91.3 Å².